The molecule has 0 aliphatic carbocycles. The molecular weight excluding hydrogens is 313 g/mol. The maximum Gasteiger partial charge on any atom is 0.410 e. The van der Waals surface area contributed by atoms with Crippen molar-refractivity contribution >= 4 is 29.3 Å². The topological polar surface area (TPSA) is 54.5 Å². The van der Waals surface area contributed by atoms with Crippen molar-refractivity contribution in [3.8, 4) is 0 Å². The second kappa shape index (κ2) is 6.38. The molecule has 1 aromatic heterocycles. The molecule has 1 unspecified atom stereocenters. The van der Waals surface area contributed by atoms with E-state index in [2.05, 4.69) is 10.3 Å². The molecule has 0 aromatic carbocycles. The molecule has 1 aromatic rings. The minimum Gasteiger partial charge on any atom is -0.444 e. The molecule has 0 spiro atoms. The molecule has 2 heterocycles. The molecule has 0 radical (unpaired) electrons. The smallest absolute Gasteiger partial charge is 0.410 e. The second-order valence-corrected chi connectivity index (χ2v) is 6.79. The molecule has 1 atom stereocenters. The zero-order valence-corrected chi connectivity index (χ0v) is 13.8. The Morgan fingerprint density at radius 3 is 2.76 bits per heavy atom. The number of hydrogen-bond acceptors (Lipinski definition) is 4. The number of ether oxygens (including phenoxy) is 1. The Labute approximate surface area is 134 Å². The highest BCUT2D eigenvalue weighted by atomic mass is 35.5. The predicted molar refractivity (Wildman–Crippen MR) is 82.8 cm³/mol. The Morgan fingerprint density at radius 2 is 2.14 bits per heavy atom. The summed E-state index contributed by atoms with van der Waals surface area (Å²) in [7, 11) is 0. The number of carbonyl (C=O) groups excluding carboxylic acids is 1. The van der Waals surface area contributed by atoms with E-state index in [4.69, 9.17) is 27.9 Å². The lowest BCUT2D eigenvalue weighted by Gasteiger charge is -2.34. The minimum absolute atomic E-state index is 0.109. The third kappa shape index (κ3) is 4.73. The molecule has 1 aliphatic heterocycles. The van der Waals surface area contributed by atoms with Gasteiger partial charge in [0.25, 0.3) is 0 Å². The summed E-state index contributed by atoms with van der Waals surface area (Å²) in [6, 6.07) is 3.23. The Bertz CT molecular complexity index is 511. The highest BCUT2D eigenvalue weighted by Gasteiger charge is 2.28. The second-order valence-electron chi connectivity index (χ2n) is 5.97. The molecular formula is C14H19Cl2N3O2. The largest absolute Gasteiger partial charge is 0.444 e. The van der Waals surface area contributed by atoms with E-state index in [1.807, 2.05) is 20.8 Å². The summed E-state index contributed by atoms with van der Waals surface area (Å²) in [6.45, 7) is 7.28. The number of aromatic nitrogens is 1. The molecule has 2 rings (SSSR count). The van der Waals surface area contributed by atoms with Gasteiger partial charge >= 0.3 is 6.09 Å². The average Bonchev–Trinajstić information content (AvgIpc) is 2.36. The van der Waals surface area contributed by atoms with Crippen LogP contribution < -0.4 is 5.32 Å². The summed E-state index contributed by atoms with van der Waals surface area (Å²) in [4.78, 5) is 18.1. The first-order chi connectivity index (χ1) is 9.74. The van der Waals surface area contributed by atoms with E-state index in [0.29, 0.717) is 29.8 Å². The number of nitrogens with zero attached hydrogens (tertiary/aromatic N) is 2. The van der Waals surface area contributed by atoms with E-state index < -0.39 is 5.60 Å². The van der Waals surface area contributed by atoms with Crippen LogP contribution in [0.1, 0.15) is 32.5 Å². The van der Waals surface area contributed by atoms with Crippen LogP contribution >= 0.6 is 23.2 Å². The summed E-state index contributed by atoms with van der Waals surface area (Å²) < 4.78 is 5.40. The lowest BCUT2D eigenvalue weighted by molar-refractivity contribution is 0.0194. The van der Waals surface area contributed by atoms with Crippen LogP contribution in [0.3, 0.4) is 0 Å². The van der Waals surface area contributed by atoms with Gasteiger partial charge in [0.1, 0.15) is 10.8 Å². The van der Waals surface area contributed by atoms with Gasteiger partial charge in [-0.2, -0.15) is 0 Å². The van der Waals surface area contributed by atoms with Crippen LogP contribution in [0.2, 0.25) is 10.2 Å². The highest BCUT2D eigenvalue weighted by Crippen LogP contribution is 2.23. The van der Waals surface area contributed by atoms with Crippen LogP contribution in [0.5, 0.6) is 0 Å². The standard InChI is InChI=1S/C14H19Cl2N3O2/c1-14(2,3)21-13(20)19-5-4-17-11(8-19)10-6-9(15)7-12(16)18-10/h6-7,11,17H,4-5,8H2,1-3H3. The molecule has 116 valence electrons. The van der Waals surface area contributed by atoms with Crippen LogP contribution in [0.4, 0.5) is 4.79 Å². The van der Waals surface area contributed by atoms with E-state index in [1.165, 1.54) is 0 Å². The number of halogens is 2. The highest BCUT2D eigenvalue weighted by molar-refractivity contribution is 6.33. The summed E-state index contributed by atoms with van der Waals surface area (Å²) in [5.74, 6) is 0. The summed E-state index contributed by atoms with van der Waals surface area (Å²) >= 11 is 11.9. The molecule has 7 heteroatoms. The summed E-state index contributed by atoms with van der Waals surface area (Å²) in [5.41, 5.74) is 0.218. The molecule has 1 fully saturated rings. The number of pyridine rings is 1. The van der Waals surface area contributed by atoms with Gasteiger partial charge in [-0.3, -0.25) is 0 Å². The Hall–Kier alpha value is -1.04. The van der Waals surface area contributed by atoms with E-state index in [1.54, 1.807) is 17.0 Å². The van der Waals surface area contributed by atoms with Gasteiger partial charge in [-0.15, -0.1) is 0 Å². The first kappa shape index (κ1) is 16.3. The number of rotatable bonds is 1. The Morgan fingerprint density at radius 1 is 1.43 bits per heavy atom. The molecule has 1 saturated heterocycles. The predicted octanol–water partition coefficient (Wildman–Crippen LogP) is 3.27. The third-order valence-corrected chi connectivity index (χ3v) is 3.37. The van der Waals surface area contributed by atoms with Crippen LogP contribution in [0, 0.1) is 0 Å². The molecule has 1 aliphatic rings. The minimum atomic E-state index is -0.505. The molecule has 1 amide bonds. The normalized spacial score (nSPS) is 19.5. The summed E-state index contributed by atoms with van der Waals surface area (Å²) in [6.07, 6.45) is -0.317. The number of hydrogen-bond donors (Lipinski definition) is 1. The van der Waals surface area contributed by atoms with E-state index in [9.17, 15) is 4.79 Å². The number of nitrogens with one attached hydrogen (secondary N) is 1. The fourth-order valence-electron chi connectivity index (χ4n) is 2.10. The van der Waals surface area contributed by atoms with Crippen molar-refractivity contribution in [1.82, 2.24) is 15.2 Å². The van der Waals surface area contributed by atoms with Gasteiger partial charge in [0.15, 0.2) is 0 Å². The third-order valence-electron chi connectivity index (χ3n) is 2.96. The van der Waals surface area contributed by atoms with Crippen molar-refractivity contribution < 1.29 is 9.53 Å². The van der Waals surface area contributed by atoms with Crippen LogP contribution in [0.15, 0.2) is 12.1 Å². The van der Waals surface area contributed by atoms with Gasteiger partial charge < -0.3 is 15.0 Å². The molecule has 0 saturated carbocycles. The fourth-order valence-corrected chi connectivity index (χ4v) is 2.59. The van der Waals surface area contributed by atoms with E-state index >= 15 is 0 Å². The van der Waals surface area contributed by atoms with Crippen LogP contribution in [-0.2, 0) is 4.74 Å². The van der Waals surface area contributed by atoms with Crippen molar-refractivity contribution in [2.75, 3.05) is 19.6 Å². The SMILES string of the molecule is CC(C)(C)OC(=O)N1CCNC(c2cc(Cl)cc(Cl)n2)C1. The first-order valence-electron chi connectivity index (χ1n) is 6.79. The molecule has 1 N–H and O–H groups in total. The van der Waals surface area contributed by atoms with Gasteiger partial charge in [0.05, 0.1) is 11.7 Å². The van der Waals surface area contributed by atoms with Gasteiger partial charge in [-0.25, -0.2) is 9.78 Å². The Kier molecular flexibility index (Phi) is 4.96. The van der Waals surface area contributed by atoms with Crippen molar-refractivity contribution in [3.63, 3.8) is 0 Å². The lowest BCUT2D eigenvalue weighted by Crippen LogP contribution is -2.49. The monoisotopic (exact) mass is 331 g/mol. The zero-order chi connectivity index (χ0) is 15.6. The molecule has 21 heavy (non-hydrogen) atoms. The fraction of sp³-hybridized carbons (Fsp3) is 0.571. The number of carbonyl (C=O) groups is 1. The zero-order valence-electron chi connectivity index (χ0n) is 12.3. The van der Waals surface area contributed by atoms with Gasteiger partial charge in [0, 0.05) is 24.7 Å². The van der Waals surface area contributed by atoms with Gasteiger partial charge in [0.2, 0.25) is 0 Å². The maximum atomic E-state index is 12.1. The number of piperazine rings is 1. The van der Waals surface area contributed by atoms with Crippen LogP contribution in [0.25, 0.3) is 0 Å². The summed E-state index contributed by atoms with van der Waals surface area (Å²) in [5, 5.41) is 4.18. The van der Waals surface area contributed by atoms with E-state index in [-0.39, 0.29) is 12.1 Å². The van der Waals surface area contributed by atoms with Crippen molar-refractivity contribution in [3.05, 3.63) is 28.0 Å². The molecule has 5 nitrogen and oxygen atoms in total. The van der Waals surface area contributed by atoms with Crippen molar-refractivity contribution in [1.29, 1.82) is 0 Å². The van der Waals surface area contributed by atoms with Crippen LogP contribution in [-0.4, -0.2) is 41.2 Å². The average molecular weight is 332 g/mol. The Balaban J connectivity index is 2.08. The van der Waals surface area contributed by atoms with Crippen molar-refractivity contribution in [2.24, 2.45) is 0 Å². The van der Waals surface area contributed by atoms with Gasteiger partial charge in [-0.1, -0.05) is 23.2 Å². The maximum absolute atomic E-state index is 12.1. The van der Waals surface area contributed by atoms with E-state index in [0.717, 1.165) is 5.69 Å². The van der Waals surface area contributed by atoms with Crippen molar-refractivity contribution in [2.45, 2.75) is 32.4 Å². The first-order valence-corrected chi connectivity index (χ1v) is 7.54. The quantitative estimate of drug-likeness (QED) is 0.802. The molecule has 0 bridgehead atoms. The number of amides is 1. The lowest BCUT2D eigenvalue weighted by atomic mass is 10.1. The van der Waals surface area contributed by atoms with Gasteiger partial charge in [-0.05, 0) is 32.9 Å².